The van der Waals surface area contributed by atoms with Crippen molar-refractivity contribution < 1.29 is 9.59 Å². The van der Waals surface area contributed by atoms with Gasteiger partial charge in [-0.2, -0.15) is 0 Å². The first-order chi connectivity index (χ1) is 13.6. The van der Waals surface area contributed by atoms with Crippen LogP contribution in [0.15, 0.2) is 23.0 Å². The number of benzene rings is 1. The number of nitrogens with one attached hydrogen (secondary N) is 1. The van der Waals surface area contributed by atoms with E-state index < -0.39 is 6.04 Å². The van der Waals surface area contributed by atoms with Crippen molar-refractivity contribution in [2.45, 2.75) is 44.6 Å². The number of carbonyl (C=O) groups excluding carboxylic acids is 2. The van der Waals surface area contributed by atoms with E-state index in [1.807, 2.05) is 18.2 Å². The first kappa shape index (κ1) is 18.7. The fourth-order valence-electron chi connectivity index (χ4n) is 4.35. The molecule has 1 aliphatic carbocycles. The Kier molecular flexibility index (Phi) is 5.19. The molecule has 28 heavy (non-hydrogen) atoms. The molecule has 6 heteroatoms. The number of aryl methyl sites for hydroxylation is 1. The number of piperidine rings is 1. The number of carbonyl (C=O) groups is 2. The van der Waals surface area contributed by atoms with Crippen LogP contribution in [-0.2, 0) is 16.6 Å². The number of imidazole rings is 1. The Labute approximate surface area is 163 Å². The number of Topliss-reactive ketones (excluding diaryl/α,β-unsaturated/α-hetero) is 2. The molecular formula is C22H25N3O3. The van der Waals surface area contributed by atoms with E-state index in [0.717, 1.165) is 43.4 Å². The Morgan fingerprint density at radius 3 is 2.68 bits per heavy atom. The zero-order valence-electron chi connectivity index (χ0n) is 16.2. The number of hydrogen-bond acceptors (Lipinski definition) is 4. The Morgan fingerprint density at radius 2 is 1.93 bits per heavy atom. The molecule has 2 fully saturated rings. The van der Waals surface area contributed by atoms with Gasteiger partial charge in [-0.25, -0.2) is 4.79 Å². The van der Waals surface area contributed by atoms with Gasteiger partial charge in [0.05, 0.1) is 29.1 Å². The second kappa shape index (κ2) is 7.76. The first-order valence-corrected chi connectivity index (χ1v) is 10.00. The number of hydrogen-bond donors (Lipinski definition) is 1. The summed E-state index contributed by atoms with van der Waals surface area (Å²) in [6.45, 7) is 2.11. The summed E-state index contributed by atoms with van der Waals surface area (Å²) in [5, 5.41) is 3.36. The van der Waals surface area contributed by atoms with Gasteiger partial charge in [-0.3, -0.25) is 18.7 Å². The highest BCUT2D eigenvalue weighted by molar-refractivity contribution is 6.03. The van der Waals surface area contributed by atoms with Gasteiger partial charge >= 0.3 is 5.69 Å². The number of nitrogens with zero attached hydrogens (tertiary/aromatic N) is 2. The van der Waals surface area contributed by atoms with Crippen molar-refractivity contribution in [1.82, 2.24) is 14.5 Å². The molecule has 2 heterocycles. The van der Waals surface area contributed by atoms with E-state index in [1.165, 1.54) is 0 Å². The summed E-state index contributed by atoms with van der Waals surface area (Å²) in [6, 6.07) is 5.10. The van der Waals surface area contributed by atoms with Crippen molar-refractivity contribution >= 4 is 22.6 Å². The van der Waals surface area contributed by atoms with Crippen LogP contribution in [0.2, 0.25) is 0 Å². The van der Waals surface area contributed by atoms with Crippen molar-refractivity contribution in [2.75, 3.05) is 13.1 Å². The topological polar surface area (TPSA) is 73.1 Å². The maximum atomic E-state index is 12.9. The van der Waals surface area contributed by atoms with Crippen LogP contribution in [0.3, 0.4) is 0 Å². The second-order valence-electron chi connectivity index (χ2n) is 7.82. The van der Waals surface area contributed by atoms with Crippen LogP contribution in [-0.4, -0.2) is 33.8 Å². The van der Waals surface area contributed by atoms with E-state index in [0.29, 0.717) is 24.3 Å². The molecular weight excluding hydrogens is 354 g/mol. The molecule has 0 spiro atoms. The quantitative estimate of drug-likeness (QED) is 0.639. The SMILES string of the molecule is Cn1c(=O)n(C2CCC(=O)CC2=O)c2cccc(C#CCC3CCNCC3)c21. The molecule has 0 radical (unpaired) electrons. The van der Waals surface area contributed by atoms with Gasteiger partial charge in [-0.1, -0.05) is 17.9 Å². The lowest BCUT2D eigenvalue weighted by Gasteiger charge is -2.21. The third-order valence-electron chi connectivity index (χ3n) is 5.93. The Morgan fingerprint density at radius 1 is 1.14 bits per heavy atom. The van der Waals surface area contributed by atoms with E-state index in [-0.39, 0.29) is 23.7 Å². The Hall–Kier alpha value is -2.65. The minimum absolute atomic E-state index is 0.0426. The largest absolute Gasteiger partial charge is 0.329 e. The molecule has 4 rings (SSSR count). The van der Waals surface area contributed by atoms with Gasteiger partial charge in [0.15, 0.2) is 5.78 Å². The lowest BCUT2D eigenvalue weighted by molar-refractivity contribution is -0.132. The molecule has 0 amide bonds. The average Bonchev–Trinajstić information content (AvgIpc) is 2.94. The van der Waals surface area contributed by atoms with Crippen LogP contribution in [0.25, 0.3) is 11.0 Å². The minimum Gasteiger partial charge on any atom is -0.317 e. The molecule has 1 atom stereocenters. The van der Waals surface area contributed by atoms with Gasteiger partial charge in [0.2, 0.25) is 0 Å². The fourth-order valence-corrected chi connectivity index (χ4v) is 4.35. The van der Waals surface area contributed by atoms with Crippen LogP contribution in [0.1, 0.15) is 50.1 Å². The zero-order chi connectivity index (χ0) is 19.7. The molecule has 0 bridgehead atoms. The summed E-state index contributed by atoms with van der Waals surface area (Å²) in [5.74, 6) is 6.96. The molecule has 146 valence electrons. The van der Waals surface area contributed by atoms with Crippen molar-refractivity contribution in [2.24, 2.45) is 13.0 Å². The number of aromatic nitrogens is 2. The van der Waals surface area contributed by atoms with Gasteiger partial charge in [0.25, 0.3) is 0 Å². The Balaban J connectivity index is 1.70. The molecule has 1 unspecified atom stereocenters. The highest BCUT2D eigenvalue weighted by Crippen LogP contribution is 2.27. The van der Waals surface area contributed by atoms with Gasteiger partial charge < -0.3 is 5.32 Å². The first-order valence-electron chi connectivity index (χ1n) is 10.00. The molecule has 1 saturated carbocycles. The zero-order valence-corrected chi connectivity index (χ0v) is 16.2. The average molecular weight is 379 g/mol. The minimum atomic E-state index is -0.563. The van der Waals surface area contributed by atoms with Crippen molar-refractivity contribution in [3.05, 3.63) is 34.2 Å². The Bertz CT molecular complexity index is 1040. The number of ketones is 2. The number of para-hydroxylation sites is 1. The van der Waals surface area contributed by atoms with Gasteiger partial charge in [-0.15, -0.1) is 0 Å². The van der Waals surface area contributed by atoms with Crippen LogP contribution < -0.4 is 11.0 Å². The number of rotatable bonds is 2. The standard InChI is InChI=1S/C22H25N3O3/c1-24-21-16(5-2-4-15-10-12-23-13-11-15)6-3-7-19(21)25(22(24)28)18-9-8-17(26)14-20(18)27/h3,6-7,15,18,23H,4,8-14H2,1H3. The van der Waals surface area contributed by atoms with Crippen molar-refractivity contribution in [1.29, 1.82) is 0 Å². The van der Waals surface area contributed by atoms with Crippen LogP contribution in [0, 0.1) is 17.8 Å². The molecule has 1 N–H and O–H groups in total. The summed E-state index contributed by atoms with van der Waals surface area (Å²) in [4.78, 5) is 36.9. The van der Waals surface area contributed by atoms with Crippen LogP contribution in [0.4, 0.5) is 0 Å². The van der Waals surface area contributed by atoms with Crippen molar-refractivity contribution in [3.8, 4) is 11.8 Å². The maximum absolute atomic E-state index is 12.9. The lowest BCUT2D eigenvalue weighted by Crippen LogP contribution is -2.34. The molecule has 1 aromatic carbocycles. The third kappa shape index (κ3) is 3.43. The normalized spacial score (nSPS) is 21.0. The predicted octanol–water partition coefficient (Wildman–Crippen LogP) is 1.94. The van der Waals surface area contributed by atoms with Gasteiger partial charge in [0, 0.05) is 19.9 Å². The van der Waals surface area contributed by atoms with Gasteiger partial charge in [0.1, 0.15) is 5.78 Å². The molecule has 1 saturated heterocycles. The molecule has 6 nitrogen and oxygen atoms in total. The van der Waals surface area contributed by atoms with E-state index in [2.05, 4.69) is 17.2 Å². The van der Waals surface area contributed by atoms with Crippen LogP contribution >= 0.6 is 0 Å². The summed E-state index contributed by atoms with van der Waals surface area (Å²) < 4.78 is 3.13. The highest BCUT2D eigenvalue weighted by atomic mass is 16.2. The van der Waals surface area contributed by atoms with E-state index in [9.17, 15) is 14.4 Å². The molecule has 1 aromatic heterocycles. The number of fused-ring (bicyclic) bond motifs is 1. The maximum Gasteiger partial charge on any atom is 0.329 e. The fraction of sp³-hybridized carbons (Fsp3) is 0.500. The molecule has 2 aromatic rings. The van der Waals surface area contributed by atoms with Crippen LogP contribution in [0.5, 0.6) is 0 Å². The smallest absolute Gasteiger partial charge is 0.317 e. The van der Waals surface area contributed by atoms with Crippen molar-refractivity contribution in [3.63, 3.8) is 0 Å². The summed E-state index contributed by atoms with van der Waals surface area (Å²) in [6.07, 6.45) is 3.81. The van der Waals surface area contributed by atoms with E-state index in [1.54, 1.807) is 16.2 Å². The van der Waals surface area contributed by atoms with Gasteiger partial charge in [-0.05, 0) is 50.4 Å². The molecule has 1 aliphatic heterocycles. The monoisotopic (exact) mass is 379 g/mol. The summed E-state index contributed by atoms with van der Waals surface area (Å²) in [5.41, 5.74) is 2.06. The summed E-state index contributed by atoms with van der Waals surface area (Å²) in [7, 11) is 1.72. The highest BCUT2D eigenvalue weighted by Gasteiger charge is 2.31. The second-order valence-corrected chi connectivity index (χ2v) is 7.82. The van der Waals surface area contributed by atoms with E-state index in [4.69, 9.17) is 0 Å². The third-order valence-corrected chi connectivity index (χ3v) is 5.93. The predicted molar refractivity (Wildman–Crippen MR) is 107 cm³/mol. The summed E-state index contributed by atoms with van der Waals surface area (Å²) >= 11 is 0. The van der Waals surface area contributed by atoms with E-state index >= 15 is 0 Å². The molecule has 2 aliphatic rings. The lowest BCUT2D eigenvalue weighted by atomic mass is 9.92.